The predicted octanol–water partition coefficient (Wildman–Crippen LogP) is 2.41. The highest BCUT2D eigenvalue weighted by molar-refractivity contribution is 5.87. The van der Waals surface area contributed by atoms with Crippen molar-refractivity contribution in [2.75, 3.05) is 19.5 Å². The van der Waals surface area contributed by atoms with Crippen LogP contribution in [0.3, 0.4) is 0 Å². The topological polar surface area (TPSA) is 80.7 Å². The first kappa shape index (κ1) is 14.6. The molecule has 1 heterocycles. The molecule has 0 spiro atoms. The van der Waals surface area contributed by atoms with Crippen molar-refractivity contribution >= 4 is 11.7 Å². The summed E-state index contributed by atoms with van der Waals surface area (Å²) in [5, 5.41) is 12.0. The highest BCUT2D eigenvalue weighted by Crippen LogP contribution is 2.29. The number of aromatic nitrogens is 1. The molecule has 0 unspecified atom stereocenters. The summed E-state index contributed by atoms with van der Waals surface area (Å²) in [6.45, 7) is 0.448. The SMILES string of the molecule is COc1ccc(OC)c(NCc2ccc(C(=O)O)cn2)c1. The van der Waals surface area contributed by atoms with Gasteiger partial charge in [-0.05, 0) is 24.3 Å². The van der Waals surface area contributed by atoms with E-state index in [2.05, 4.69) is 10.3 Å². The number of carbonyl (C=O) groups is 1. The maximum absolute atomic E-state index is 10.8. The molecule has 1 aromatic carbocycles. The molecule has 6 nitrogen and oxygen atoms in total. The standard InChI is InChI=1S/C15H16N2O4/c1-20-12-5-6-14(21-2)13(7-12)17-9-11-4-3-10(8-16-11)15(18)19/h3-8,17H,9H2,1-2H3,(H,18,19). The molecule has 0 aliphatic heterocycles. The Morgan fingerprint density at radius 1 is 1.24 bits per heavy atom. The van der Waals surface area contributed by atoms with E-state index in [-0.39, 0.29) is 5.56 Å². The van der Waals surface area contributed by atoms with Crippen LogP contribution >= 0.6 is 0 Å². The summed E-state index contributed by atoms with van der Waals surface area (Å²) in [5.74, 6) is 0.418. The van der Waals surface area contributed by atoms with Gasteiger partial charge in [0.15, 0.2) is 0 Å². The van der Waals surface area contributed by atoms with E-state index in [1.807, 2.05) is 18.2 Å². The first-order chi connectivity index (χ1) is 10.1. The van der Waals surface area contributed by atoms with Crippen molar-refractivity contribution in [3.63, 3.8) is 0 Å². The van der Waals surface area contributed by atoms with Crippen molar-refractivity contribution < 1.29 is 19.4 Å². The maximum Gasteiger partial charge on any atom is 0.337 e. The third-order valence-electron chi connectivity index (χ3n) is 2.94. The van der Waals surface area contributed by atoms with Crippen LogP contribution in [0.5, 0.6) is 11.5 Å². The Balaban J connectivity index is 2.10. The Morgan fingerprint density at radius 3 is 2.62 bits per heavy atom. The van der Waals surface area contributed by atoms with Crippen LogP contribution in [0.25, 0.3) is 0 Å². The number of benzene rings is 1. The molecule has 0 fully saturated rings. The minimum Gasteiger partial charge on any atom is -0.497 e. The quantitative estimate of drug-likeness (QED) is 0.849. The molecule has 1 aromatic heterocycles. The molecule has 2 aromatic rings. The Bertz CT molecular complexity index is 626. The number of hydrogen-bond donors (Lipinski definition) is 2. The number of nitrogens with one attached hydrogen (secondary N) is 1. The van der Waals surface area contributed by atoms with Gasteiger partial charge in [-0.25, -0.2) is 4.79 Å². The summed E-state index contributed by atoms with van der Waals surface area (Å²) in [7, 11) is 3.19. The number of anilines is 1. The van der Waals surface area contributed by atoms with Gasteiger partial charge in [0.05, 0.1) is 37.7 Å². The fourth-order valence-corrected chi connectivity index (χ4v) is 1.79. The Labute approximate surface area is 122 Å². The molecule has 0 atom stereocenters. The molecule has 0 saturated heterocycles. The van der Waals surface area contributed by atoms with Gasteiger partial charge in [0.1, 0.15) is 11.5 Å². The highest BCUT2D eigenvalue weighted by atomic mass is 16.5. The van der Waals surface area contributed by atoms with Crippen LogP contribution in [0.2, 0.25) is 0 Å². The second-order valence-electron chi connectivity index (χ2n) is 4.26. The first-order valence-electron chi connectivity index (χ1n) is 6.28. The number of carboxylic acids is 1. The second-order valence-corrected chi connectivity index (χ2v) is 4.26. The molecule has 2 rings (SSSR count). The molecule has 0 aliphatic carbocycles. The predicted molar refractivity (Wildman–Crippen MR) is 78.1 cm³/mol. The average Bonchev–Trinajstić information content (AvgIpc) is 2.52. The summed E-state index contributed by atoms with van der Waals surface area (Å²) in [4.78, 5) is 14.9. The maximum atomic E-state index is 10.8. The van der Waals surface area contributed by atoms with Gasteiger partial charge in [-0.3, -0.25) is 4.98 Å². The van der Waals surface area contributed by atoms with Gasteiger partial charge in [0.2, 0.25) is 0 Å². The van der Waals surface area contributed by atoms with Crippen LogP contribution < -0.4 is 14.8 Å². The number of nitrogens with zero attached hydrogens (tertiary/aromatic N) is 1. The molecule has 0 radical (unpaired) electrons. The number of hydrogen-bond acceptors (Lipinski definition) is 5. The van der Waals surface area contributed by atoms with Crippen molar-refractivity contribution in [1.29, 1.82) is 0 Å². The van der Waals surface area contributed by atoms with Gasteiger partial charge in [-0.15, -0.1) is 0 Å². The van der Waals surface area contributed by atoms with Crippen LogP contribution in [0.1, 0.15) is 16.1 Å². The van der Waals surface area contributed by atoms with E-state index in [1.165, 1.54) is 12.3 Å². The van der Waals surface area contributed by atoms with E-state index in [0.29, 0.717) is 18.0 Å². The van der Waals surface area contributed by atoms with Gasteiger partial charge < -0.3 is 19.9 Å². The number of carboxylic acid groups (broad SMARTS) is 1. The molecule has 0 bridgehead atoms. The normalized spacial score (nSPS) is 10.0. The third-order valence-corrected chi connectivity index (χ3v) is 2.94. The molecule has 0 aliphatic rings. The number of rotatable bonds is 6. The molecule has 0 saturated carbocycles. The van der Waals surface area contributed by atoms with Gasteiger partial charge in [0.25, 0.3) is 0 Å². The van der Waals surface area contributed by atoms with E-state index in [1.54, 1.807) is 20.3 Å². The largest absolute Gasteiger partial charge is 0.497 e. The van der Waals surface area contributed by atoms with Gasteiger partial charge in [-0.2, -0.15) is 0 Å². The van der Waals surface area contributed by atoms with E-state index in [0.717, 1.165) is 11.4 Å². The lowest BCUT2D eigenvalue weighted by Crippen LogP contribution is -2.05. The zero-order chi connectivity index (χ0) is 15.2. The van der Waals surface area contributed by atoms with E-state index in [4.69, 9.17) is 14.6 Å². The minimum absolute atomic E-state index is 0.165. The third kappa shape index (κ3) is 3.62. The lowest BCUT2D eigenvalue weighted by atomic mass is 10.2. The van der Waals surface area contributed by atoms with E-state index >= 15 is 0 Å². The van der Waals surface area contributed by atoms with Crippen LogP contribution in [0.4, 0.5) is 5.69 Å². The molecule has 21 heavy (non-hydrogen) atoms. The summed E-state index contributed by atoms with van der Waals surface area (Å²) < 4.78 is 10.4. The van der Waals surface area contributed by atoms with Gasteiger partial charge >= 0.3 is 5.97 Å². The molecule has 0 amide bonds. The van der Waals surface area contributed by atoms with Crippen molar-refractivity contribution in [3.05, 3.63) is 47.8 Å². The highest BCUT2D eigenvalue weighted by Gasteiger charge is 2.06. The fourth-order valence-electron chi connectivity index (χ4n) is 1.79. The fraction of sp³-hybridized carbons (Fsp3) is 0.200. The lowest BCUT2D eigenvalue weighted by Gasteiger charge is -2.12. The van der Waals surface area contributed by atoms with Crippen LogP contribution in [0, 0.1) is 0 Å². The Morgan fingerprint density at radius 2 is 2.05 bits per heavy atom. The summed E-state index contributed by atoms with van der Waals surface area (Å²) in [6, 6.07) is 8.63. The van der Waals surface area contributed by atoms with Crippen molar-refractivity contribution in [3.8, 4) is 11.5 Å². The van der Waals surface area contributed by atoms with E-state index in [9.17, 15) is 4.79 Å². The first-order valence-corrected chi connectivity index (χ1v) is 6.28. The van der Waals surface area contributed by atoms with E-state index < -0.39 is 5.97 Å². The Kier molecular flexibility index (Phi) is 4.61. The smallest absolute Gasteiger partial charge is 0.337 e. The van der Waals surface area contributed by atoms with Gasteiger partial charge in [0, 0.05) is 12.3 Å². The Hall–Kier alpha value is -2.76. The number of ether oxygens (including phenoxy) is 2. The molecular weight excluding hydrogens is 272 g/mol. The molecular formula is C15H16N2O4. The van der Waals surface area contributed by atoms with Gasteiger partial charge in [-0.1, -0.05) is 0 Å². The molecule has 6 heteroatoms. The van der Waals surface area contributed by atoms with Crippen molar-refractivity contribution in [2.24, 2.45) is 0 Å². The zero-order valence-corrected chi connectivity index (χ0v) is 11.8. The molecule has 2 N–H and O–H groups in total. The van der Waals surface area contributed by atoms with Crippen LogP contribution in [-0.4, -0.2) is 30.3 Å². The summed E-state index contributed by atoms with van der Waals surface area (Å²) >= 11 is 0. The second kappa shape index (κ2) is 6.60. The summed E-state index contributed by atoms with van der Waals surface area (Å²) in [5.41, 5.74) is 1.67. The number of aromatic carboxylic acids is 1. The lowest BCUT2D eigenvalue weighted by molar-refractivity contribution is 0.0696. The minimum atomic E-state index is -0.989. The monoisotopic (exact) mass is 288 g/mol. The summed E-state index contributed by atoms with van der Waals surface area (Å²) in [6.07, 6.45) is 1.34. The zero-order valence-electron chi connectivity index (χ0n) is 11.8. The molecule has 110 valence electrons. The van der Waals surface area contributed by atoms with Crippen LogP contribution in [0.15, 0.2) is 36.5 Å². The van der Waals surface area contributed by atoms with Crippen LogP contribution in [-0.2, 0) is 6.54 Å². The number of methoxy groups -OCH3 is 2. The van der Waals surface area contributed by atoms with Crippen molar-refractivity contribution in [1.82, 2.24) is 4.98 Å². The average molecular weight is 288 g/mol. The number of pyridine rings is 1. The van der Waals surface area contributed by atoms with Crippen molar-refractivity contribution in [2.45, 2.75) is 6.54 Å².